The monoisotopic (exact) mass is 183 g/mol. The molecule has 1 saturated carbocycles. The van der Waals surface area contributed by atoms with Gasteiger partial charge in [0.05, 0.1) is 6.04 Å². The highest BCUT2D eigenvalue weighted by Crippen LogP contribution is 2.22. The van der Waals surface area contributed by atoms with Gasteiger partial charge in [-0.3, -0.25) is 9.80 Å². The van der Waals surface area contributed by atoms with Crippen molar-refractivity contribution in [2.24, 2.45) is 0 Å². The summed E-state index contributed by atoms with van der Waals surface area (Å²) in [4.78, 5) is 11.7. The molecule has 74 valence electrons. The fraction of sp³-hybridized carbons (Fsp3) is 0.889. The van der Waals surface area contributed by atoms with Crippen LogP contribution in [0.3, 0.4) is 0 Å². The van der Waals surface area contributed by atoms with Gasteiger partial charge in [-0.15, -0.1) is 0 Å². The highest BCUT2D eigenvalue weighted by Gasteiger charge is 2.36. The zero-order valence-corrected chi connectivity index (χ0v) is 8.29. The van der Waals surface area contributed by atoms with Crippen LogP contribution in [0.2, 0.25) is 0 Å². The van der Waals surface area contributed by atoms with Crippen LogP contribution < -0.4 is 5.32 Å². The quantitative estimate of drug-likeness (QED) is 0.659. The van der Waals surface area contributed by atoms with Crippen LogP contribution in [0, 0.1) is 0 Å². The first-order valence-corrected chi connectivity index (χ1v) is 4.93. The van der Waals surface area contributed by atoms with E-state index in [0.717, 1.165) is 13.0 Å². The standard InChI is InChI=1S/C9H17N3O/c1-11(2)12-6-5-8(9(12)13)10-7-3-4-7/h7-8,10H,3-6H2,1-2H3. The average Bonchev–Trinajstić information content (AvgIpc) is 2.78. The molecule has 0 aromatic carbocycles. The van der Waals surface area contributed by atoms with Crippen molar-refractivity contribution in [3.63, 3.8) is 0 Å². The summed E-state index contributed by atoms with van der Waals surface area (Å²) >= 11 is 0. The second-order valence-electron chi connectivity index (χ2n) is 4.09. The molecule has 0 aromatic heterocycles. The molecular formula is C9H17N3O. The van der Waals surface area contributed by atoms with Crippen LogP contribution in [-0.2, 0) is 4.79 Å². The van der Waals surface area contributed by atoms with Crippen molar-refractivity contribution >= 4 is 5.91 Å². The molecule has 1 aliphatic heterocycles. The maximum Gasteiger partial charge on any atom is 0.254 e. The summed E-state index contributed by atoms with van der Waals surface area (Å²) in [7, 11) is 3.83. The van der Waals surface area contributed by atoms with Gasteiger partial charge in [0, 0.05) is 26.7 Å². The predicted octanol–water partition coefficient (Wildman–Crippen LogP) is -0.184. The number of amides is 1. The van der Waals surface area contributed by atoms with Gasteiger partial charge in [-0.25, -0.2) is 5.01 Å². The molecule has 1 heterocycles. The van der Waals surface area contributed by atoms with Crippen molar-refractivity contribution in [2.75, 3.05) is 20.6 Å². The van der Waals surface area contributed by atoms with Gasteiger partial charge in [0.25, 0.3) is 5.91 Å². The van der Waals surface area contributed by atoms with E-state index in [1.807, 2.05) is 19.1 Å². The summed E-state index contributed by atoms with van der Waals surface area (Å²) in [5.41, 5.74) is 0. The summed E-state index contributed by atoms with van der Waals surface area (Å²) < 4.78 is 0. The molecule has 1 amide bonds. The second kappa shape index (κ2) is 3.27. The molecule has 0 radical (unpaired) electrons. The van der Waals surface area contributed by atoms with Gasteiger partial charge in [-0.2, -0.15) is 0 Å². The molecule has 1 saturated heterocycles. The van der Waals surface area contributed by atoms with Gasteiger partial charge in [0.2, 0.25) is 0 Å². The molecule has 4 nitrogen and oxygen atoms in total. The van der Waals surface area contributed by atoms with Crippen molar-refractivity contribution in [1.29, 1.82) is 0 Å². The molecule has 0 spiro atoms. The molecule has 1 atom stereocenters. The Morgan fingerprint density at radius 2 is 2.08 bits per heavy atom. The lowest BCUT2D eigenvalue weighted by molar-refractivity contribution is -0.140. The third-order valence-corrected chi connectivity index (χ3v) is 2.68. The Kier molecular flexibility index (Phi) is 2.26. The molecule has 1 aliphatic carbocycles. The van der Waals surface area contributed by atoms with Crippen LogP contribution in [-0.4, -0.2) is 48.6 Å². The number of hydrazine groups is 1. The second-order valence-corrected chi connectivity index (χ2v) is 4.09. The average molecular weight is 183 g/mol. The fourth-order valence-electron chi connectivity index (χ4n) is 1.75. The molecule has 1 N–H and O–H groups in total. The van der Waals surface area contributed by atoms with Crippen molar-refractivity contribution < 1.29 is 4.79 Å². The molecule has 1 unspecified atom stereocenters. The van der Waals surface area contributed by atoms with Crippen molar-refractivity contribution in [3.8, 4) is 0 Å². The highest BCUT2D eigenvalue weighted by molar-refractivity contribution is 5.83. The van der Waals surface area contributed by atoms with E-state index in [1.165, 1.54) is 12.8 Å². The smallest absolute Gasteiger partial charge is 0.254 e. The molecule has 2 aliphatic rings. The molecule has 2 fully saturated rings. The normalized spacial score (nSPS) is 29.0. The summed E-state index contributed by atoms with van der Waals surface area (Å²) in [6, 6.07) is 0.700. The molecule has 0 aromatic rings. The first-order valence-electron chi connectivity index (χ1n) is 4.93. The lowest BCUT2D eigenvalue weighted by atomic mass is 10.2. The first kappa shape index (κ1) is 8.97. The Morgan fingerprint density at radius 1 is 1.38 bits per heavy atom. The van der Waals surface area contributed by atoms with E-state index >= 15 is 0 Å². The summed E-state index contributed by atoms with van der Waals surface area (Å²) in [5.74, 6) is 0.233. The summed E-state index contributed by atoms with van der Waals surface area (Å²) in [6.45, 7) is 0.857. The number of hydrogen-bond acceptors (Lipinski definition) is 3. The van der Waals surface area contributed by atoms with Crippen LogP contribution in [0.25, 0.3) is 0 Å². The Balaban J connectivity index is 1.89. The number of nitrogens with zero attached hydrogens (tertiary/aromatic N) is 2. The van der Waals surface area contributed by atoms with Gasteiger partial charge in [0.1, 0.15) is 0 Å². The molecule has 0 bridgehead atoms. The van der Waals surface area contributed by atoms with Gasteiger partial charge >= 0.3 is 0 Å². The van der Waals surface area contributed by atoms with Crippen LogP contribution >= 0.6 is 0 Å². The third-order valence-electron chi connectivity index (χ3n) is 2.68. The van der Waals surface area contributed by atoms with Crippen LogP contribution in [0.4, 0.5) is 0 Å². The SMILES string of the molecule is CN(C)N1CCC(NC2CC2)C1=O. The van der Waals surface area contributed by atoms with Gasteiger partial charge < -0.3 is 5.32 Å². The van der Waals surface area contributed by atoms with Gasteiger partial charge in [-0.1, -0.05) is 0 Å². The number of carbonyl (C=O) groups excluding carboxylic acids is 1. The highest BCUT2D eigenvalue weighted by atomic mass is 16.2. The Labute approximate surface area is 78.8 Å². The van der Waals surface area contributed by atoms with Crippen molar-refractivity contribution in [2.45, 2.75) is 31.3 Å². The van der Waals surface area contributed by atoms with Crippen LogP contribution in [0.15, 0.2) is 0 Å². The summed E-state index contributed by atoms with van der Waals surface area (Å²) in [5, 5.41) is 7.05. The zero-order chi connectivity index (χ0) is 9.42. The molecule has 13 heavy (non-hydrogen) atoms. The van der Waals surface area contributed by atoms with Gasteiger partial charge in [0.15, 0.2) is 0 Å². The van der Waals surface area contributed by atoms with E-state index in [1.54, 1.807) is 5.01 Å². The lowest BCUT2D eigenvalue weighted by Gasteiger charge is -2.23. The lowest BCUT2D eigenvalue weighted by Crippen LogP contribution is -2.44. The molecule has 4 heteroatoms. The Morgan fingerprint density at radius 3 is 2.54 bits per heavy atom. The fourth-order valence-corrected chi connectivity index (χ4v) is 1.75. The minimum atomic E-state index is 0.0786. The predicted molar refractivity (Wildman–Crippen MR) is 50.0 cm³/mol. The van der Waals surface area contributed by atoms with E-state index in [4.69, 9.17) is 0 Å². The topological polar surface area (TPSA) is 35.6 Å². The van der Waals surface area contributed by atoms with E-state index in [2.05, 4.69) is 5.32 Å². The van der Waals surface area contributed by atoms with Crippen molar-refractivity contribution in [3.05, 3.63) is 0 Å². The van der Waals surface area contributed by atoms with Crippen LogP contribution in [0.5, 0.6) is 0 Å². The third kappa shape index (κ3) is 1.84. The first-order chi connectivity index (χ1) is 6.18. The number of hydrogen-bond donors (Lipinski definition) is 1. The van der Waals surface area contributed by atoms with E-state index in [0.29, 0.717) is 6.04 Å². The molecular weight excluding hydrogens is 166 g/mol. The number of rotatable bonds is 3. The minimum absolute atomic E-state index is 0.0786. The van der Waals surface area contributed by atoms with Gasteiger partial charge in [-0.05, 0) is 19.3 Å². The Hall–Kier alpha value is -0.610. The Bertz CT molecular complexity index is 213. The number of carbonyl (C=O) groups is 1. The largest absolute Gasteiger partial charge is 0.303 e. The van der Waals surface area contributed by atoms with E-state index in [9.17, 15) is 4.79 Å². The van der Waals surface area contributed by atoms with E-state index < -0.39 is 0 Å². The minimum Gasteiger partial charge on any atom is -0.303 e. The zero-order valence-electron chi connectivity index (χ0n) is 8.29. The van der Waals surface area contributed by atoms with Crippen molar-refractivity contribution in [1.82, 2.24) is 15.3 Å². The maximum absolute atomic E-state index is 11.7. The number of nitrogens with one attached hydrogen (secondary N) is 1. The van der Waals surface area contributed by atoms with E-state index in [-0.39, 0.29) is 11.9 Å². The molecule has 2 rings (SSSR count). The summed E-state index contributed by atoms with van der Waals surface area (Å²) in [6.07, 6.45) is 3.44. The maximum atomic E-state index is 11.7. The van der Waals surface area contributed by atoms with Crippen LogP contribution in [0.1, 0.15) is 19.3 Å².